The van der Waals surface area contributed by atoms with Crippen LogP contribution in [0.15, 0.2) is 48.5 Å². The SMILES string of the molecule is CCCCN1CCCNC(=O)c2ccc(cc2)Nc2nc(nc(OCC(F)(F)F)n2)NCc2ccc(cc2)OCCC1. The van der Waals surface area contributed by atoms with Crippen LogP contribution in [0.2, 0.25) is 0 Å². The molecule has 0 aliphatic carbocycles. The maximum absolute atomic E-state index is 12.8. The number of benzene rings is 2. The number of rotatable bonds is 5. The van der Waals surface area contributed by atoms with E-state index >= 15 is 0 Å². The zero-order valence-electron chi connectivity index (χ0n) is 23.5. The van der Waals surface area contributed by atoms with Crippen LogP contribution in [0.5, 0.6) is 11.8 Å². The molecule has 1 amide bonds. The van der Waals surface area contributed by atoms with Crippen molar-refractivity contribution in [3.8, 4) is 11.8 Å². The van der Waals surface area contributed by atoms with Crippen LogP contribution in [0.4, 0.5) is 30.8 Å². The average molecular weight is 588 g/mol. The molecule has 10 nitrogen and oxygen atoms in total. The van der Waals surface area contributed by atoms with Crippen molar-refractivity contribution in [1.82, 2.24) is 25.2 Å². The molecule has 0 atom stereocenters. The van der Waals surface area contributed by atoms with Crippen molar-refractivity contribution in [2.24, 2.45) is 0 Å². The summed E-state index contributed by atoms with van der Waals surface area (Å²) in [6.07, 6.45) is -0.613. The minimum absolute atomic E-state index is 0.0206. The number of nitrogens with one attached hydrogen (secondary N) is 3. The maximum Gasteiger partial charge on any atom is 0.422 e. The molecule has 0 spiro atoms. The first-order chi connectivity index (χ1) is 20.3. The number of amides is 1. The Morgan fingerprint density at radius 1 is 0.952 bits per heavy atom. The topological polar surface area (TPSA) is 114 Å². The van der Waals surface area contributed by atoms with Crippen molar-refractivity contribution in [2.45, 2.75) is 45.3 Å². The normalized spacial score (nSPS) is 15.6. The predicted molar refractivity (Wildman–Crippen MR) is 153 cm³/mol. The van der Waals surface area contributed by atoms with E-state index in [4.69, 9.17) is 9.47 Å². The first kappa shape index (κ1) is 30.8. The maximum atomic E-state index is 12.8. The van der Waals surface area contributed by atoms with Gasteiger partial charge in [0.2, 0.25) is 11.9 Å². The predicted octanol–water partition coefficient (Wildman–Crippen LogP) is 5.17. The number of anilines is 3. The Labute approximate surface area is 243 Å². The Balaban J connectivity index is 1.52. The van der Waals surface area contributed by atoms with Gasteiger partial charge in [0.25, 0.3) is 5.91 Å². The van der Waals surface area contributed by atoms with E-state index in [2.05, 4.69) is 42.7 Å². The van der Waals surface area contributed by atoms with Crippen molar-refractivity contribution in [3.63, 3.8) is 0 Å². The van der Waals surface area contributed by atoms with Crippen LogP contribution in [-0.2, 0) is 6.54 Å². The van der Waals surface area contributed by atoms with Crippen LogP contribution in [0.25, 0.3) is 0 Å². The summed E-state index contributed by atoms with van der Waals surface area (Å²) in [5.74, 6) is 0.566. The zero-order valence-corrected chi connectivity index (χ0v) is 23.5. The number of carbonyl (C=O) groups excluding carboxylic acids is 1. The van der Waals surface area contributed by atoms with Gasteiger partial charge in [-0.25, -0.2) is 0 Å². The van der Waals surface area contributed by atoms with E-state index in [0.717, 1.165) is 56.6 Å². The zero-order chi connectivity index (χ0) is 29.8. The van der Waals surface area contributed by atoms with Crippen molar-refractivity contribution in [2.75, 3.05) is 50.0 Å². The van der Waals surface area contributed by atoms with Gasteiger partial charge in [-0.15, -0.1) is 0 Å². The summed E-state index contributed by atoms with van der Waals surface area (Å²) in [4.78, 5) is 27.3. The molecule has 0 fully saturated rings. The van der Waals surface area contributed by atoms with Crippen molar-refractivity contribution >= 4 is 23.5 Å². The number of aromatic nitrogens is 3. The second-order valence-electron chi connectivity index (χ2n) is 9.88. The summed E-state index contributed by atoms with van der Waals surface area (Å²) in [5, 5.41) is 8.91. The molecule has 6 bridgehead atoms. The van der Waals surface area contributed by atoms with Gasteiger partial charge in [-0.3, -0.25) is 4.79 Å². The Hall–Kier alpha value is -4.13. The van der Waals surface area contributed by atoms with Gasteiger partial charge in [-0.2, -0.15) is 28.1 Å². The highest BCUT2D eigenvalue weighted by Gasteiger charge is 2.29. The van der Waals surface area contributed by atoms with Crippen LogP contribution in [0, 0.1) is 0 Å². The second kappa shape index (κ2) is 15.2. The van der Waals surface area contributed by atoms with Crippen molar-refractivity contribution in [1.29, 1.82) is 0 Å². The number of carbonyl (C=O) groups is 1. The van der Waals surface area contributed by atoms with Gasteiger partial charge in [0.1, 0.15) is 5.75 Å². The molecule has 5 heterocycles. The van der Waals surface area contributed by atoms with E-state index in [-0.39, 0.29) is 17.8 Å². The van der Waals surface area contributed by atoms with E-state index in [9.17, 15) is 18.0 Å². The summed E-state index contributed by atoms with van der Waals surface area (Å²) >= 11 is 0. The molecule has 42 heavy (non-hydrogen) atoms. The lowest BCUT2D eigenvalue weighted by molar-refractivity contribution is -0.154. The molecule has 0 saturated carbocycles. The molecular formula is C29H36F3N7O3. The fourth-order valence-corrected chi connectivity index (χ4v) is 4.22. The van der Waals surface area contributed by atoms with Crippen molar-refractivity contribution in [3.05, 3.63) is 59.7 Å². The lowest BCUT2D eigenvalue weighted by Gasteiger charge is -2.22. The first-order valence-corrected chi connectivity index (χ1v) is 14.1. The highest BCUT2D eigenvalue weighted by atomic mass is 19.4. The number of unbranched alkanes of at least 4 members (excludes halogenated alkanes) is 1. The van der Waals surface area contributed by atoms with Gasteiger partial charge in [0.05, 0.1) is 6.61 Å². The molecule has 3 N–H and O–H groups in total. The largest absolute Gasteiger partial charge is 0.494 e. The number of hydrogen-bond acceptors (Lipinski definition) is 9. The quantitative estimate of drug-likeness (QED) is 0.372. The molecule has 3 aromatic rings. The number of nitrogens with zero attached hydrogens (tertiary/aromatic N) is 4. The van der Waals surface area contributed by atoms with Crippen LogP contribution >= 0.6 is 0 Å². The Morgan fingerprint density at radius 3 is 2.43 bits per heavy atom. The highest BCUT2D eigenvalue weighted by Crippen LogP contribution is 2.21. The van der Waals surface area contributed by atoms with E-state index in [1.54, 1.807) is 24.3 Å². The Morgan fingerprint density at radius 2 is 1.69 bits per heavy atom. The van der Waals surface area contributed by atoms with Crippen LogP contribution in [-0.4, -0.2) is 71.3 Å². The minimum Gasteiger partial charge on any atom is -0.494 e. The Kier molecular flexibility index (Phi) is 11.2. The molecule has 1 aromatic heterocycles. The number of ether oxygens (including phenoxy) is 2. The fraction of sp³-hybridized carbons (Fsp3) is 0.448. The third kappa shape index (κ3) is 10.4. The number of halogens is 3. The lowest BCUT2D eigenvalue weighted by Crippen LogP contribution is -2.32. The summed E-state index contributed by atoms with van der Waals surface area (Å²) < 4.78 is 49.0. The monoisotopic (exact) mass is 587 g/mol. The third-order valence-corrected chi connectivity index (χ3v) is 6.41. The van der Waals surface area contributed by atoms with E-state index in [1.807, 2.05) is 24.3 Å². The standard InChI is InChI=1S/C29H36F3N7O3/c1-2-3-15-39-16-4-14-33-25(40)22-8-10-23(11-9-22)35-27-36-26(37-28(38-27)42-20-29(30,31)32)34-19-21-6-12-24(13-7-21)41-18-5-17-39/h6-13H,2-5,14-20H2,1H3,(H,33,40)(H2,34,35,36,37,38). The van der Waals surface area contributed by atoms with Gasteiger partial charge >= 0.3 is 12.2 Å². The summed E-state index contributed by atoms with van der Waals surface area (Å²) in [6, 6.07) is 13.7. The van der Waals surface area contributed by atoms with Crippen molar-refractivity contribution < 1.29 is 27.4 Å². The highest BCUT2D eigenvalue weighted by molar-refractivity contribution is 5.94. The van der Waals surface area contributed by atoms with Crippen LogP contribution in [0.1, 0.15) is 48.5 Å². The molecule has 2 aromatic carbocycles. The van der Waals surface area contributed by atoms with Gasteiger partial charge in [-0.05, 0) is 74.3 Å². The van der Waals surface area contributed by atoms with Gasteiger partial charge in [0.15, 0.2) is 6.61 Å². The fourth-order valence-electron chi connectivity index (χ4n) is 4.22. The summed E-state index contributed by atoms with van der Waals surface area (Å²) in [5.41, 5.74) is 1.90. The second-order valence-corrected chi connectivity index (χ2v) is 9.88. The number of hydrogen-bond donors (Lipinski definition) is 3. The molecular weight excluding hydrogens is 551 g/mol. The van der Waals surface area contributed by atoms with Gasteiger partial charge < -0.3 is 30.3 Å². The smallest absolute Gasteiger partial charge is 0.422 e. The number of alkyl halides is 3. The molecule has 226 valence electrons. The van der Waals surface area contributed by atoms with E-state index < -0.39 is 18.8 Å². The summed E-state index contributed by atoms with van der Waals surface area (Å²) in [7, 11) is 0. The van der Waals surface area contributed by atoms with E-state index in [1.165, 1.54) is 0 Å². The molecule has 4 aliphatic heterocycles. The van der Waals surface area contributed by atoms with Crippen LogP contribution in [0.3, 0.4) is 0 Å². The molecule has 0 unspecified atom stereocenters. The molecule has 13 heteroatoms. The Bertz CT molecular complexity index is 1270. The summed E-state index contributed by atoms with van der Waals surface area (Å²) in [6.45, 7) is 4.86. The average Bonchev–Trinajstić information content (AvgIpc) is 2.97. The van der Waals surface area contributed by atoms with Gasteiger partial charge in [0, 0.05) is 30.9 Å². The molecule has 7 rings (SSSR count). The van der Waals surface area contributed by atoms with E-state index in [0.29, 0.717) is 30.9 Å². The lowest BCUT2D eigenvalue weighted by atomic mass is 10.2. The molecule has 4 aliphatic rings. The first-order valence-electron chi connectivity index (χ1n) is 14.1. The van der Waals surface area contributed by atoms with Gasteiger partial charge in [-0.1, -0.05) is 25.5 Å². The minimum atomic E-state index is -4.55. The molecule has 0 saturated heterocycles. The van der Waals surface area contributed by atoms with Crippen LogP contribution < -0.4 is 25.4 Å². The third-order valence-electron chi connectivity index (χ3n) is 6.41. The molecule has 0 radical (unpaired) electrons.